The lowest BCUT2D eigenvalue weighted by molar-refractivity contribution is 0.0703. The van der Waals surface area contributed by atoms with Crippen molar-refractivity contribution in [2.24, 2.45) is 5.92 Å². The highest BCUT2D eigenvalue weighted by Gasteiger charge is 2.26. The highest BCUT2D eigenvalue weighted by molar-refractivity contribution is 7.13. The molecule has 0 saturated carbocycles. The largest absolute Gasteiger partial charge is 0.337 e. The molecule has 0 radical (unpaired) electrons. The summed E-state index contributed by atoms with van der Waals surface area (Å²) in [5.41, 5.74) is 0.802. The van der Waals surface area contributed by atoms with Gasteiger partial charge in [-0.2, -0.15) is 5.26 Å². The van der Waals surface area contributed by atoms with Gasteiger partial charge in [0.05, 0.1) is 22.7 Å². The quantitative estimate of drug-likeness (QED) is 0.766. The van der Waals surface area contributed by atoms with Gasteiger partial charge in [-0.3, -0.25) is 4.79 Å². The molecule has 1 aromatic heterocycles. The number of likely N-dealkylation sites (tertiary alicyclic amines) is 1. The Labute approximate surface area is 105 Å². The number of rotatable bonds is 1. The van der Waals surface area contributed by atoms with Crippen LogP contribution in [-0.4, -0.2) is 28.9 Å². The molecule has 90 valence electrons. The lowest BCUT2D eigenvalue weighted by atomic mass is 9.99. The third-order valence-corrected chi connectivity index (χ3v) is 4.05. The summed E-state index contributed by atoms with van der Waals surface area (Å²) >= 11 is 1.44. The molecule has 2 rings (SSSR count). The number of hydrogen-bond donors (Lipinski definition) is 0. The molecule has 0 aromatic carbocycles. The normalized spacial score (nSPS) is 20.1. The molecule has 1 fully saturated rings. The zero-order valence-corrected chi connectivity index (χ0v) is 10.9. The van der Waals surface area contributed by atoms with Crippen molar-refractivity contribution in [2.45, 2.75) is 26.7 Å². The van der Waals surface area contributed by atoms with Gasteiger partial charge in [0, 0.05) is 13.1 Å². The lowest BCUT2D eigenvalue weighted by Crippen LogP contribution is -2.39. The highest BCUT2D eigenvalue weighted by atomic mass is 32.1. The number of amides is 1. The second kappa shape index (κ2) is 4.84. The van der Waals surface area contributed by atoms with E-state index in [1.165, 1.54) is 11.3 Å². The van der Waals surface area contributed by atoms with E-state index in [0.29, 0.717) is 6.54 Å². The van der Waals surface area contributed by atoms with Gasteiger partial charge in [-0.15, -0.1) is 11.3 Å². The topological polar surface area (TPSA) is 57.0 Å². The van der Waals surface area contributed by atoms with E-state index in [2.05, 4.69) is 11.1 Å². The van der Waals surface area contributed by atoms with E-state index in [1.807, 2.05) is 13.8 Å². The molecule has 2 heterocycles. The average Bonchev–Trinajstić information content (AvgIpc) is 2.67. The molecular weight excluding hydrogens is 234 g/mol. The first kappa shape index (κ1) is 12.1. The number of hydrogen-bond acceptors (Lipinski definition) is 4. The van der Waals surface area contributed by atoms with Crippen molar-refractivity contribution in [1.29, 1.82) is 5.26 Å². The fourth-order valence-corrected chi connectivity index (χ4v) is 3.03. The van der Waals surface area contributed by atoms with Crippen molar-refractivity contribution in [3.63, 3.8) is 0 Å². The first-order chi connectivity index (χ1) is 8.11. The fraction of sp³-hybridized carbons (Fsp3) is 0.583. The maximum absolute atomic E-state index is 12.3. The van der Waals surface area contributed by atoms with Crippen molar-refractivity contribution >= 4 is 17.2 Å². The minimum atomic E-state index is -0.0120. The Hall–Kier alpha value is -1.41. The fourth-order valence-electron chi connectivity index (χ4n) is 2.14. The molecule has 1 amide bonds. The van der Waals surface area contributed by atoms with Crippen LogP contribution in [0.5, 0.6) is 0 Å². The molecule has 5 heteroatoms. The van der Waals surface area contributed by atoms with Crippen LogP contribution in [-0.2, 0) is 0 Å². The summed E-state index contributed by atoms with van der Waals surface area (Å²) in [6.07, 6.45) is 1.82. The van der Waals surface area contributed by atoms with Crippen LogP contribution in [0.1, 0.15) is 33.2 Å². The molecule has 0 spiro atoms. The summed E-state index contributed by atoms with van der Waals surface area (Å²) < 4.78 is 0. The Morgan fingerprint density at radius 2 is 2.35 bits per heavy atom. The predicted molar refractivity (Wildman–Crippen MR) is 65.8 cm³/mol. The number of carbonyl (C=O) groups is 1. The Bertz CT molecular complexity index is 475. The van der Waals surface area contributed by atoms with Gasteiger partial charge in [0.2, 0.25) is 0 Å². The van der Waals surface area contributed by atoms with Gasteiger partial charge < -0.3 is 4.90 Å². The van der Waals surface area contributed by atoms with Crippen molar-refractivity contribution < 1.29 is 4.79 Å². The molecule has 0 N–H and O–H groups in total. The predicted octanol–water partition coefficient (Wildman–Crippen LogP) is 2.14. The zero-order chi connectivity index (χ0) is 12.4. The average molecular weight is 249 g/mol. The first-order valence-corrected chi connectivity index (χ1v) is 6.56. The van der Waals surface area contributed by atoms with E-state index in [-0.39, 0.29) is 11.8 Å². The molecule has 0 aliphatic carbocycles. The van der Waals surface area contributed by atoms with Crippen LogP contribution in [0.15, 0.2) is 0 Å². The Morgan fingerprint density at radius 1 is 1.59 bits per heavy atom. The van der Waals surface area contributed by atoms with E-state index in [0.717, 1.165) is 35.0 Å². The van der Waals surface area contributed by atoms with Gasteiger partial charge in [0.1, 0.15) is 4.88 Å². The van der Waals surface area contributed by atoms with E-state index in [1.54, 1.807) is 4.90 Å². The van der Waals surface area contributed by atoms with Crippen molar-refractivity contribution in [2.75, 3.05) is 13.1 Å². The van der Waals surface area contributed by atoms with Crippen LogP contribution >= 0.6 is 11.3 Å². The summed E-state index contributed by atoms with van der Waals surface area (Å²) in [5, 5.41) is 9.84. The maximum atomic E-state index is 12.3. The lowest BCUT2D eigenvalue weighted by Gasteiger charge is -2.29. The molecule has 1 aromatic rings. The van der Waals surface area contributed by atoms with E-state index in [9.17, 15) is 4.79 Å². The van der Waals surface area contributed by atoms with Gasteiger partial charge in [0.25, 0.3) is 5.91 Å². The Morgan fingerprint density at radius 3 is 2.94 bits per heavy atom. The third kappa shape index (κ3) is 2.47. The Kier molecular flexibility index (Phi) is 3.43. The summed E-state index contributed by atoms with van der Waals surface area (Å²) in [6, 6.07) is 2.25. The second-order valence-corrected chi connectivity index (χ2v) is 5.57. The third-order valence-electron chi connectivity index (χ3n) is 2.99. The summed E-state index contributed by atoms with van der Waals surface area (Å²) in [5.74, 6) is 0.0232. The molecule has 1 aliphatic heterocycles. The number of carbonyl (C=O) groups excluding carboxylic acids is 1. The molecule has 1 saturated heterocycles. The number of aromatic nitrogens is 1. The number of thiazole rings is 1. The van der Waals surface area contributed by atoms with Crippen LogP contribution in [0.3, 0.4) is 0 Å². The van der Waals surface area contributed by atoms with Gasteiger partial charge >= 0.3 is 0 Å². The number of nitriles is 1. The zero-order valence-electron chi connectivity index (χ0n) is 10.1. The van der Waals surface area contributed by atoms with Crippen molar-refractivity contribution in [1.82, 2.24) is 9.88 Å². The monoisotopic (exact) mass is 249 g/mol. The van der Waals surface area contributed by atoms with Crippen LogP contribution < -0.4 is 0 Å². The summed E-state index contributed by atoms with van der Waals surface area (Å²) in [6.45, 7) is 5.09. The minimum Gasteiger partial charge on any atom is -0.337 e. The molecule has 4 nitrogen and oxygen atoms in total. The SMILES string of the molecule is Cc1nc(C)c(C(=O)N2CCCC(C#N)C2)s1. The standard InChI is InChI=1S/C12H15N3OS/c1-8-11(17-9(2)14-8)12(16)15-5-3-4-10(6-13)7-15/h10H,3-5,7H2,1-2H3. The van der Waals surface area contributed by atoms with E-state index >= 15 is 0 Å². The summed E-state index contributed by atoms with van der Waals surface area (Å²) in [7, 11) is 0. The molecular formula is C12H15N3OS. The summed E-state index contributed by atoms with van der Waals surface area (Å²) in [4.78, 5) is 19.1. The molecule has 1 atom stereocenters. The van der Waals surface area contributed by atoms with Crippen molar-refractivity contribution in [3.05, 3.63) is 15.6 Å². The smallest absolute Gasteiger partial charge is 0.265 e. The van der Waals surface area contributed by atoms with Gasteiger partial charge in [-0.25, -0.2) is 4.98 Å². The first-order valence-electron chi connectivity index (χ1n) is 5.74. The maximum Gasteiger partial charge on any atom is 0.265 e. The van der Waals surface area contributed by atoms with Crippen LogP contribution in [0.25, 0.3) is 0 Å². The minimum absolute atomic E-state index is 0.0120. The highest BCUT2D eigenvalue weighted by Crippen LogP contribution is 2.23. The molecule has 0 bridgehead atoms. The molecule has 1 unspecified atom stereocenters. The Balaban J connectivity index is 2.15. The number of aryl methyl sites for hydroxylation is 2. The van der Waals surface area contributed by atoms with E-state index in [4.69, 9.17) is 5.26 Å². The van der Waals surface area contributed by atoms with Crippen LogP contribution in [0.4, 0.5) is 0 Å². The second-order valence-electron chi connectivity index (χ2n) is 4.37. The van der Waals surface area contributed by atoms with Crippen LogP contribution in [0.2, 0.25) is 0 Å². The van der Waals surface area contributed by atoms with Crippen molar-refractivity contribution in [3.8, 4) is 6.07 Å². The van der Waals surface area contributed by atoms with Gasteiger partial charge in [-0.1, -0.05) is 0 Å². The number of piperidine rings is 1. The van der Waals surface area contributed by atoms with E-state index < -0.39 is 0 Å². The van der Waals surface area contributed by atoms with Crippen LogP contribution in [0, 0.1) is 31.1 Å². The molecule has 1 aliphatic rings. The molecule has 17 heavy (non-hydrogen) atoms. The number of nitrogens with zero attached hydrogens (tertiary/aromatic N) is 3. The van der Waals surface area contributed by atoms with Gasteiger partial charge in [0.15, 0.2) is 0 Å². The van der Waals surface area contributed by atoms with Gasteiger partial charge in [-0.05, 0) is 26.7 Å².